The van der Waals surface area contributed by atoms with Crippen LogP contribution in [0.1, 0.15) is 5.56 Å². The molecule has 2 heterocycles. The summed E-state index contributed by atoms with van der Waals surface area (Å²) in [6.45, 7) is 2.73. The summed E-state index contributed by atoms with van der Waals surface area (Å²) in [6, 6.07) is 20.9. The lowest BCUT2D eigenvalue weighted by atomic mass is 9.96. The maximum absolute atomic E-state index is 13.0. The van der Waals surface area contributed by atoms with Crippen LogP contribution >= 0.6 is 0 Å². The zero-order chi connectivity index (χ0) is 22.3. The quantitative estimate of drug-likeness (QED) is 0.565. The highest BCUT2D eigenvalue weighted by Gasteiger charge is 2.41. The number of aliphatic hydroxyl groups excluding tert-OH is 1. The number of sulfonamides is 1. The van der Waals surface area contributed by atoms with Crippen molar-refractivity contribution in [3.63, 3.8) is 0 Å². The van der Waals surface area contributed by atoms with Crippen molar-refractivity contribution >= 4 is 21.4 Å². The van der Waals surface area contributed by atoms with Crippen molar-refractivity contribution in [2.45, 2.75) is 30.0 Å². The van der Waals surface area contributed by atoms with E-state index in [4.69, 9.17) is 4.74 Å². The van der Waals surface area contributed by atoms with E-state index in [1.165, 1.54) is 0 Å². The fourth-order valence-electron chi connectivity index (χ4n) is 4.33. The number of nitrogens with zero attached hydrogens (tertiary/aromatic N) is 1. The topological polar surface area (TPSA) is 90.9 Å². The Balaban J connectivity index is 1.46. The largest absolute Gasteiger partial charge is 0.453 e. The Morgan fingerprint density at radius 3 is 2.16 bits per heavy atom. The van der Waals surface area contributed by atoms with Crippen molar-refractivity contribution in [3.8, 4) is 11.5 Å². The second-order valence-corrected chi connectivity index (χ2v) is 9.88. The van der Waals surface area contributed by atoms with Gasteiger partial charge in [-0.05, 0) is 43.3 Å². The SMILES string of the molecule is Cc1ccc(S(=O)(=O)N[C@H]2CNC[C@@H](N3c4ccccc4Oc4ccccc43)[C@@H]2O)cc1. The van der Waals surface area contributed by atoms with E-state index >= 15 is 0 Å². The molecular formula is C24H25N3O4S. The summed E-state index contributed by atoms with van der Waals surface area (Å²) in [5.41, 5.74) is 2.64. The predicted molar refractivity (Wildman–Crippen MR) is 123 cm³/mol. The summed E-state index contributed by atoms with van der Waals surface area (Å²) in [5.74, 6) is 1.39. The van der Waals surface area contributed by atoms with Crippen LogP contribution in [0.5, 0.6) is 11.5 Å². The van der Waals surface area contributed by atoms with Gasteiger partial charge in [0.2, 0.25) is 10.0 Å². The number of benzene rings is 3. The third kappa shape index (κ3) is 3.75. The molecule has 32 heavy (non-hydrogen) atoms. The number of para-hydroxylation sites is 4. The highest BCUT2D eigenvalue weighted by atomic mass is 32.2. The highest BCUT2D eigenvalue weighted by Crippen LogP contribution is 2.47. The lowest BCUT2D eigenvalue weighted by molar-refractivity contribution is 0.0891. The summed E-state index contributed by atoms with van der Waals surface area (Å²) in [6.07, 6.45) is -0.948. The van der Waals surface area contributed by atoms with Crippen molar-refractivity contribution < 1.29 is 18.3 Å². The average molecular weight is 452 g/mol. The molecule has 166 valence electrons. The van der Waals surface area contributed by atoms with E-state index in [1.807, 2.05) is 60.4 Å². The Morgan fingerprint density at radius 1 is 0.938 bits per heavy atom. The number of aryl methyl sites for hydroxylation is 1. The molecule has 0 aliphatic carbocycles. The molecule has 7 nitrogen and oxygen atoms in total. The van der Waals surface area contributed by atoms with Gasteiger partial charge in [0.25, 0.3) is 0 Å². The van der Waals surface area contributed by atoms with Gasteiger partial charge in [0.05, 0.1) is 34.5 Å². The Labute approximate surface area is 187 Å². The second kappa shape index (κ2) is 8.22. The zero-order valence-electron chi connectivity index (χ0n) is 17.6. The van der Waals surface area contributed by atoms with Crippen molar-refractivity contribution in [1.29, 1.82) is 0 Å². The summed E-state index contributed by atoms with van der Waals surface area (Å²) in [5, 5.41) is 14.6. The molecule has 8 heteroatoms. The third-order valence-corrected chi connectivity index (χ3v) is 7.47. The number of anilines is 2. The predicted octanol–water partition coefficient (Wildman–Crippen LogP) is 2.92. The molecule has 1 saturated heterocycles. The number of hydrogen-bond donors (Lipinski definition) is 3. The number of piperidine rings is 1. The molecule has 0 radical (unpaired) electrons. The molecule has 5 rings (SSSR count). The molecule has 0 aromatic heterocycles. The van der Waals surface area contributed by atoms with Crippen LogP contribution in [0.3, 0.4) is 0 Å². The fraction of sp³-hybridized carbons (Fsp3) is 0.250. The normalized spacial score (nSPS) is 22.6. The number of fused-ring (bicyclic) bond motifs is 2. The Kier molecular flexibility index (Phi) is 5.38. The fourth-order valence-corrected chi connectivity index (χ4v) is 5.58. The lowest BCUT2D eigenvalue weighted by Crippen LogP contribution is -2.64. The van der Waals surface area contributed by atoms with E-state index in [9.17, 15) is 13.5 Å². The van der Waals surface area contributed by atoms with Gasteiger partial charge in [-0.25, -0.2) is 13.1 Å². The van der Waals surface area contributed by atoms with E-state index in [1.54, 1.807) is 24.3 Å². The monoisotopic (exact) mass is 451 g/mol. The summed E-state index contributed by atoms with van der Waals surface area (Å²) >= 11 is 0. The van der Waals surface area contributed by atoms with E-state index in [0.29, 0.717) is 24.6 Å². The van der Waals surface area contributed by atoms with E-state index < -0.39 is 28.2 Å². The van der Waals surface area contributed by atoms with E-state index in [-0.39, 0.29) is 4.90 Å². The molecule has 3 aromatic rings. The highest BCUT2D eigenvalue weighted by molar-refractivity contribution is 7.89. The molecule has 2 aliphatic rings. The van der Waals surface area contributed by atoms with Crippen LogP contribution < -0.4 is 19.7 Å². The smallest absolute Gasteiger partial charge is 0.240 e. The van der Waals surface area contributed by atoms with Gasteiger partial charge in [-0.2, -0.15) is 0 Å². The molecule has 3 atom stereocenters. The molecule has 0 bridgehead atoms. The van der Waals surface area contributed by atoms with Crippen LogP contribution in [-0.2, 0) is 10.0 Å². The average Bonchev–Trinajstić information content (AvgIpc) is 2.79. The van der Waals surface area contributed by atoms with Gasteiger partial charge in [-0.15, -0.1) is 0 Å². The molecule has 1 fully saturated rings. The molecule has 0 saturated carbocycles. The number of nitrogens with one attached hydrogen (secondary N) is 2. The van der Waals surface area contributed by atoms with Gasteiger partial charge in [-0.1, -0.05) is 42.0 Å². The molecule has 0 amide bonds. The molecular weight excluding hydrogens is 426 g/mol. The first-order valence-electron chi connectivity index (χ1n) is 10.6. The van der Waals surface area contributed by atoms with Crippen molar-refractivity contribution in [1.82, 2.24) is 10.0 Å². The first kappa shape index (κ1) is 21.0. The van der Waals surface area contributed by atoms with E-state index in [2.05, 4.69) is 10.0 Å². The molecule has 2 aliphatic heterocycles. The first-order valence-corrected chi connectivity index (χ1v) is 12.1. The van der Waals surface area contributed by atoms with Gasteiger partial charge in [0, 0.05) is 13.1 Å². The number of hydrogen-bond acceptors (Lipinski definition) is 6. The minimum atomic E-state index is -3.78. The summed E-state index contributed by atoms with van der Waals surface area (Å²) in [4.78, 5) is 2.22. The third-order valence-electron chi connectivity index (χ3n) is 5.96. The standard InChI is InChI=1S/C24H25N3O4S/c1-16-10-12-17(13-11-16)32(29,30)26-18-14-25-15-21(24(18)28)27-19-6-2-4-8-22(19)31-23-9-5-3-7-20(23)27/h2-13,18,21,24-26,28H,14-15H2,1H3/t18-,21+,24+/m0/s1. The number of rotatable bonds is 4. The first-order chi connectivity index (χ1) is 15.4. The van der Waals surface area contributed by atoms with Crippen LogP contribution in [0.4, 0.5) is 11.4 Å². The Bertz CT molecular complexity index is 1180. The lowest BCUT2D eigenvalue weighted by Gasteiger charge is -2.45. The molecule has 0 unspecified atom stereocenters. The Morgan fingerprint density at radius 2 is 1.53 bits per heavy atom. The van der Waals surface area contributed by atoms with Crippen molar-refractivity contribution in [2.24, 2.45) is 0 Å². The van der Waals surface area contributed by atoms with Crippen molar-refractivity contribution in [2.75, 3.05) is 18.0 Å². The van der Waals surface area contributed by atoms with Gasteiger partial charge < -0.3 is 20.1 Å². The Hall–Kier alpha value is -2.91. The summed E-state index contributed by atoms with van der Waals surface area (Å²) < 4.78 is 34.7. The van der Waals surface area contributed by atoms with Crippen LogP contribution in [0.25, 0.3) is 0 Å². The molecule has 0 spiro atoms. The van der Waals surface area contributed by atoms with Gasteiger partial charge >= 0.3 is 0 Å². The van der Waals surface area contributed by atoms with Crippen LogP contribution in [0.15, 0.2) is 77.7 Å². The van der Waals surface area contributed by atoms with Gasteiger partial charge in [0.15, 0.2) is 11.5 Å². The van der Waals surface area contributed by atoms with Crippen LogP contribution in [0.2, 0.25) is 0 Å². The molecule has 3 N–H and O–H groups in total. The van der Waals surface area contributed by atoms with Gasteiger partial charge in [0.1, 0.15) is 0 Å². The van der Waals surface area contributed by atoms with E-state index in [0.717, 1.165) is 16.9 Å². The van der Waals surface area contributed by atoms with Crippen LogP contribution in [-0.4, -0.2) is 44.8 Å². The summed E-state index contributed by atoms with van der Waals surface area (Å²) in [7, 11) is -3.78. The van der Waals surface area contributed by atoms with Gasteiger partial charge in [-0.3, -0.25) is 0 Å². The second-order valence-electron chi connectivity index (χ2n) is 8.16. The number of aliphatic hydroxyl groups is 1. The maximum Gasteiger partial charge on any atom is 0.240 e. The zero-order valence-corrected chi connectivity index (χ0v) is 18.4. The number of ether oxygens (including phenoxy) is 1. The van der Waals surface area contributed by atoms with Crippen molar-refractivity contribution in [3.05, 3.63) is 78.4 Å². The minimum Gasteiger partial charge on any atom is -0.453 e. The minimum absolute atomic E-state index is 0.180. The maximum atomic E-state index is 13.0. The van der Waals surface area contributed by atoms with Crippen LogP contribution in [0, 0.1) is 6.92 Å². The molecule has 3 aromatic carbocycles.